The van der Waals surface area contributed by atoms with Gasteiger partial charge in [0.05, 0.1) is 17.2 Å². The van der Waals surface area contributed by atoms with E-state index in [1.165, 1.54) is 18.6 Å². The number of fused-ring (bicyclic) bond motifs is 3. The minimum atomic E-state index is 0.449. The van der Waals surface area contributed by atoms with E-state index < -0.39 is 0 Å². The first-order valence-corrected chi connectivity index (χ1v) is 8.09. The number of nitrogens with zero attached hydrogens (tertiary/aromatic N) is 3. The molecule has 0 radical (unpaired) electrons. The molecule has 1 saturated heterocycles. The number of hydrogen-bond donors (Lipinski definition) is 1. The summed E-state index contributed by atoms with van der Waals surface area (Å²) in [4.78, 5) is 8.98. The van der Waals surface area contributed by atoms with E-state index >= 15 is 0 Å². The van der Waals surface area contributed by atoms with Crippen molar-refractivity contribution in [2.75, 3.05) is 17.2 Å². The van der Waals surface area contributed by atoms with E-state index in [4.69, 9.17) is 5.73 Å². The summed E-state index contributed by atoms with van der Waals surface area (Å²) in [5, 5.41) is 1.14. The lowest BCUT2D eigenvalue weighted by atomic mass is 10.1. The highest BCUT2D eigenvalue weighted by Gasteiger charge is 2.22. The van der Waals surface area contributed by atoms with Gasteiger partial charge in [-0.05, 0) is 24.7 Å². The van der Waals surface area contributed by atoms with Crippen LogP contribution < -0.4 is 5.73 Å². The van der Waals surface area contributed by atoms with Gasteiger partial charge in [-0.25, -0.2) is 4.98 Å². The summed E-state index contributed by atoms with van der Waals surface area (Å²) in [7, 11) is 0. The summed E-state index contributed by atoms with van der Waals surface area (Å²) in [6.45, 7) is 0. The summed E-state index contributed by atoms with van der Waals surface area (Å²) < 4.78 is 2.23. The molecule has 0 amide bonds. The smallest absolute Gasteiger partial charge is 0.201 e. The van der Waals surface area contributed by atoms with Gasteiger partial charge in [-0.2, -0.15) is 11.8 Å². The highest BCUT2D eigenvalue weighted by Crippen LogP contribution is 2.34. The Bertz CT molecular complexity index is 774. The van der Waals surface area contributed by atoms with Gasteiger partial charge >= 0.3 is 0 Å². The monoisotopic (exact) mass is 284 g/mol. The topological polar surface area (TPSA) is 56.7 Å². The van der Waals surface area contributed by atoms with E-state index in [2.05, 4.69) is 20.6 Å². The quantitative estimate of drug-likeness (QED) is 0.745. The van der Waals surface area contributed by atoms with Gasteiger partial charge in [0.25, 0.3) is 0 Å². The Balaban J connectivity index is 2.03. The molecule has 3 heterocycles. The van der Waals surface area contributed by atoms with Gasteiger partial charge in [-0.3, -0.25) is 4.98 Å². The van der Waals surface area contributed by atoms with Crippen LogP contribution in [0.3, 0.4) is 0 Å². The molecule has 1 atom stereocenters. The van der Waals surface area contributed by atoms with E-state index in [1.807, 2.05) is 36.2 Å². The summed E-state index contributed by atoms with van der Waals surface area (Å²) in [5.41, 5.74) is 9.23. The van der Waals surface area contributed by atoms with Crippen LogP contribution in [-0.2, 0) is 0 Å². The Morgan fingerprint density at radius 1 is 1.25 bits per heavy atom. The lowest BCUT2D eigenvalue weighted by molar-refractivity contribution is 0.518. The van der Waals surface area contributed by atoms with Crippen LogP contribution in [0.15, 0.2) is 30.5 Å². The largest absolute Gasteiger partial charge is 0.369 e. The van der Waals surface area contributed by atoms with Gasteiger partial charge in [0.15, 0.2) is 0 Å². The highest BCUT2D eigenvalue weighted by molar-refractivity contribution is 7.99. The summed E-state index contributed by atoms with van der Waals surface area (Å²) in [6.07, 6.45) is 4.26. The molecule has 102 valence electrons. The first-order chi connectivity index (χ1) is 9.84. The van der Waals surface area contributed by atoms with Crippen LogP contribution in [0.4, 0.5) is 5.95 Å². The predicted octanol–water partition coefficient (Wildman–Crippen LogP) is 3.23. The highest BCUT2D eigenvalue weighted by atomic mass is 32.2. The number of benzene rings is 1. The Hall–Kier alpha value is -1.75. The standard InChI is InChI=1S/C15H16N4S/c16-15-18-13-8-17-12-6-2-1-5-11(12)14(13)19(15)10-4-3-7-20-9-10/h1-2,5-6,8,10H,3-4,7,9H2,(H2,16,18). The van der Waals surface area contributed by atoms with Crippen molar-refractivity contribution in [3.8, 4) is 0 Å². The number of hydrogen-bond acceptors (Lipinski definition) is 4. The van der Waals surface area contributed by atoms with E-state index in [0.717, 1.165) is 27.7 Å². The Kier molecular flexibility index (Phi) is 2.80. The third-order valence-electron chi connectivity index (χ3n) is 3.95. The molecule has 0 bridgehead atoms. The molecular weight excluding hydrogens is 268 g/mol. The van der Waals surface area contributed by atoms with Crippen molar-refractivity contribution in [1.29, 1.82) is 0 Å². The molecule has 2 N–H and O–H groups in total. The molecule has 0 spiro atoms. The minimum Gasteiger partial charge on any atom is -0.369 e. The molecule has 3 aromatic rings. The molecule has 1 aliphatic rings. The maximum absolute atomic E-state index is 6.19. The molecule has 20 heavy (non-hydrogen) atoms. The number of para-hydroxylation sites is 1. The molecule has 2 aromatic heterocycles. The van der Waals surface area contributed by atoms with Crippen LogP contribution in [0.1, 0.15) is 18.9 Å². The SMILES string of the molecule is Nc1nc2cnc3ccccc3c2n1C1CCCSC1. The number of nitrogen functional groups attached to an aromatic ring is 1. The van der Waals surface area contributed by atoms with Crippen LogP contribution in [0.2, 0.25) is 0 Å². The molecule has 1 fully saturated rings. The number of pyridine rings is 1. The van der Waals surface area contributed by atoms with E-state index in [-0.39, 0.29) is 0 Å². The van der Waals surface area contributed by atoms with Crippen molar-refractivity contribution in [3.05, 3.63) is 30.5 Å². The van der Waals surface area contributed by atoms with Crippen LogP contribution >= 0.6 is 11.8 Å². The number of aromatic nitrogens is 3. The molecule has 0 aliphatic carbocycles. The molecule has 4 nitrogen and oxygen atoms in total. The van der Waals surface area contributed by atoms with E-state index in [1.54, 1.807) is 0 Å². The summed E-state index contributed by atoms with van der Waals surface area (Å²) in [6, 6.07) is 8.66. The normalized spacial score (nSPS) is 19.7. The molecule has 1 aliphatic heterocycles. The number of nitrogens with two attached hydrogens (primary N) is 1. The molecule has 5 heteroatoms. The average molecular weight is 284 g/mol. The van der Waals surface area contributed by atoms with Crippen molar-refractivity contribution in [2.45, 2.75) is 18.9 Å². The molecule has 1 unspecified atom stereocenters. The predicted molar refractivity (Wildman–Crippen MR) is 85.0 cm³/mol. The van der Waals surface area contributed by atoms with Crippen LogP contribution in [0.25, 0.3) is 21.9 Å². The van der Waals surface area contributed by atoms with Crippen LogP contribution in [-0.4, -0.2) is 26.0 Å². The maximum atomic E-state index is 6.19. The van der Waals surface area contributed by atoms with Gasteiger partial charge in [0.1, 0.15) is 5.52 Å². The first-order valence-electron chi connectivity index (χ1n) is 6.93. The molecule has 4 rings (SSSR count). The summed E-state index contributed by atoms with van der Waals surface area (Å²) >= 11 is 2.00. The zero-order chi connectivity index (χ0) is 13.5. The van der Waals surface area contributed by atoms with Crippen molar-refractivity contribution in [3.63, 3.8) is 0 Å². The van der Waals surface area contributed by atoms with Gasteiger partial charge < -0.3 is 10.3 Å². The van der Waals surface area contributed by atoms with Crippen molar-refractivity contribution < 1.29 is 0 Å². The Morgan fingerprint density at radius 3 is 3.00 bits per heavy atom. The molecule has 1 aromatic carbocycles. The van der Waals surface area contributed by atoms with Gasteiger partial charge in [-0.15, -0.1) is 0 Å². The Morgan fingerprint density at radius 2 is 2.15 bits per heavy atom. The average Bonchev–Trinajstić information content (AvgIpc) is 2.84. The fraction of sp³-hybridized carbons (Fsp3) is 0.333. The third-order valence-corrected chi connectivity index (χ3v) is 5.15. The van der Waals surface area contributed by atoms with Gasteiger partial charge in [0, 0.05) is 17.2 Å². The lowest BCUT2D eigenvalue weighted by Crippen LogP contribution is -2.18. The minimum absolute atomic E-state index is 0.449. The van der Waals surface area contributed by atoms with Crippen molar-refractivity contribution in [2.24, 2.45) is 0 Å². The van der Waals surface area contributed by atoms with Crippen molar-refractivity contribution >= 4 is 39.6 Å². The van der Waals surface area contributed by atoms with Crippen LogP contribution in [0.5, 0.6) is 0 Å². The van der Waals surface area contributed by atoms with Gasteiger partial charge in [-0.1, -0.05) is 18.2 Å². The fourth-order valence-electron chi connectivity index (χ4n) is 3.04. The van der Waals surface area contributed by atoms with Crippen LogP contribution in [0, 0.1) is 0 Å². The Labute approximate surface area is 121 Å². The fourth-order valence-corrected chi connectivity index (χ4v) is 4.17. The lowest BCUT2D eigenvalue weighted by Gasteiger charge is -2.24. The summed E-state index contributed by atoms with van der Waals surface area (Å²) in [5.74, 6) is 2.99. The number of thioether (sulfide) groups is 1. The molecular formula is C15H16N4S. The van der Waals surface area contributed by atoms with E-state index in [9.17, 15) is 0 Å². The molecule has 0 saturated carbocycles. The van der Waals surface area contributed by atoms with E-state index in [0.29, 0.717) is 12.0 Å². The first kappa shape index (κ1) is 12.0. The van der Waals surface area contributed by atoms with Gasteiger partial charge in [0.2, 0.25) is 5.95 Å². The zero-order valence-corrected chi connectivity index (χ0v) is 11.9. The zero-order valence-electron chi connectivity index (χ0n) is 11.1. The second-order valence-electron chi connectivity index (χ2n) is 5.22. The second-order valence-corrected chi connectivity index (χ2v) is 6.37. The number of rotatable bonds is 1. The maximum Gasteiger partial charge on any atom is 0.201 e. The third kappa shape index (κ3) is 1.77. The van der Waals surface area contributed by atoms with Crippen molar-refractivity contribution in [1.82, 2.24) is 14.5 Å². The number of imidazole rings is 1. The second kappa shape index (κ2) is 4.66. The number of anilines is 1.